The Kier molecular flexibility index (Phi) is 2.98. The zero-order chi connectivity index (χ0) is 12.7. The van der Waals surface area contributed by atoms with Crippen molar-refractivity contribution in [1.82, 2.24) is 14.8 Å². The first-order valence-electron chi connectivity index (χ1n) is 6.28. The van der Waals surface area contributed by atoms with Gasteiger partial charge in [-0.15, -0.1) is 10.2 Å². The number of aryl methyl sites for hydroxylation is 2. The minimum absolute atomic E-state index is 0.599. The fourth-order valence-electron chi connectivity index (χ4n) is 2.47. The second kappa shape index (κ2) is 4.50. The Morgan fingerprint density at radius 1 is 1.22 bits per heavy atom. The maximum Gasteiger partial charge on any atom is 0.164 e. The largest absolute Gasteiger partial charge is 0.307 e. The fraction of sp³-hybridized carbons (Fsp3) is 0.429. The smallest absolute Gasteiger partial charge is 0.164 e. The molecule has 0 amide bonds. The Morgan fingerprint density at radius 2 is 1.89 bits per heavy atom. The van der Waals surface area contributed by atoms with Crippen LogP contribution in [-0.2, 0) is 5.33 Å². The van der Waals surface area contributed by atoms with Gasteiger partial charge >= 0.3 is 0 Å². The molecule has 1 fully saturated rings. The molecule has 94 valence electrons. The van der Waals surface area contributed by atoms with E-state index in [1.165, 1.54) is 29.5 Å². The molecule has 18 heavy (non-hydrogen) atoms. The molecule has 1 aliphatic carbocycles. The average Bonchev–Trinajstić information content (AvgIpc) is 3.10. The van der Waals surface area contributed by atoms with Crippen LogP contribution in [0.3, 0.4) is 0 Å². The lowest BCUT2D eigenvalue weighted by Gasteiger charge is -2.12. The maximum absolute atomic E-state index is 4.42. The van der Waals surface area contributed by atoms with Gasteiger partial charge in [-0.3, -0.25) is 0 Å². The van der Waals surface area contributed by atoms with E-state index in [2.05, 4.69) is 62.7 Å². The van der Waals surface area contributed by atoms with E-state index >= 15 is 0 Å². The van der Waals surface area contributed by atoms with E-state index in [4.69, 9.17) is 0 Å². The number of hydrogen-bond donors (Lipinski definition) is 0. The van der Waals surface area contributed by atoms with E-state index in [0.29, 0.717) is 6.04 Å². The molecule has 0 N–H and O–H groups in total. The van der Waals surface area contributed by atoms with Crippen LogP contribution in [0.5, 0.6) is 0 Å². The van der Waals surface area contributed by atoms with Gasteiger partial charge in [0.2, 0.25) is 0 Å². The number of benzene rings is 1. The monoisotopic (exact) mass is 305 g/mol. The molecule has 0 bridgehead atoms. The Balaban J connectivity index is 2.20. The van der Waals surface area contributed by atoms with E-state index < -0.39 is 0 Å². The first-order chi connectivity index (χ1) is 8.72. The summed E-state index contributed by atoms with van der Waals surface area (Å²) in [5, 5.41) is 9.51. The third-order valence-electron chi connectivity index (χ3n) is 3.50. The molecule has 0 spiro atoms. The van der Waals surface area contributed by atoms with Crippen LogP contribution in [0.15, 0.2) is 18.2 Å². The van der Waals surface area contributed by atoms with Crippen molar-refractivity contribution in [2.75, 3.05) is 0 Å². The molecule has 4 heteroatoms. The van der Waals surface area contributed by atoms with Crippen LogP contribution in [0.2, 0.25) is 0 Å². The second-order valence-corrected chi connectivity index (χ2v) is 5.50. The van der Waals surface area contributed by atoms with Crippen LogP contribution >= 0.6 is 15.9 Å². The first kappa shape index (κ1) is 11.9. The lowest BCUT2D eigenvalue weighted by molar-refractivity contribution is 0.713. The van der Waals surface area contributed by atoms with Crippen molar-refractivity contribution < 1.29 is 0 Å². The van der Waals surface area contributed by atoms with Gasteiger partial charge in [0.15, 0.2) is 5.82 Å². The van der Waals surface area contributed by atoms with Crippen molar-refractivity contribution in [2.24, 2.45) is 0 Å². The summed E-state index contributed by atoms with van der Waals surface area (Å²) in [6, 6.07) is 6.98. The molecule has 3 rings (SSSR count). The zero-order valence-corrected chi connectivity index (χ0v) is 12.2. The molecule has 0 atom stereocenters. The summed E-state index contributed by atoms with van der Waals surface area (Å²) in [6.07, 6.45) is 2.49. The van der Waals surface area contributed by atoms with Gasteiger partial charge < -0.3 is 4.57 Å². The Morgan fingerprint density at radius 3 is 2.44 bits per heavy atom. The van der Waals surface area contributed by atoms with Gasteiger partial charge in [0.05, 0.1) is 5.33 Å². The first-order valence-corrected chi connectivity index (χ1v) is 7.41. The van der Waals surface area contributed by atoms with E-state index in [9.17, 15) is 0 Å². The Bertz CT molecular complexity index is 564. The molecule has 0 aliphatic heterocycles. The average molecular weight is 306 g/mol. The molecule has 1 saturated carbocycles. The SMILES string of the molecule is Cc1cccc(C)c1-c1nnc(CBr)n1C1CC1. The van der Waals surface area contributed by atoms with Crippen LogP contribution in [0.4, 0.5) is 0 Å². The molecule has 2 aromatic rings. The van der Waals surface area contributed by atoms with Gasteiger partial charge in [0.25, 0.3) is 0 Å². The topological polar surface area (TPSA) is 30.7 Å². The molecular formula is C14H16BrN3. The minimum atomic E-state index is 0.599. The summed E-state index contributed by atoms with van der Waals surface area (Å²) in [5.74, 6) is 2.07. The molecule has 1 aromatic carbocycles. The number of rotatable bonds is 3. The molecule has 1 aliphatic rings. The third-order valence-corrected chi connectivity index (χ3v) is 4.00. The third kappa shape index (κ3) is 1.88. The highest BCUT2D eigenvalue weighted by molar-refractivity contribution is 9.08. The van der Waals surface area contributed by atoms with Gasteiger partial charge in [-0.25, -0.2) is 0 Å². The number of aromatic nitrogens is 3. The molecule has 0 unspecified atom stereocenters. The molecule has 1 heterocycles. The van der Waals surface area contributed by atoms with Crippen molar-refractivity contribution in [2.45, 2.75) is 38.1 Å². The van der Waals surface area contributed by atoms with Gasteiger partial charge in [-0.1, -0.05) is 34.1 Å². The molecule has 0 radical (unpaired) electrons. The van der Waals surface area contributed by atoms with E-state index in [1.54, 1.807) is 0 Å². The van der Waals surface area contributed by atoms with Crippen LogP contribution in [-0.4, -0.2) is 14.8 Å². The summed E-state index contributed by atoms with van der Waals surface area (Å²) in [7, 11) is 0. The molecule has 3 nitrogen and oxygen atoms in total. The summed E-state index contributed by atoms with van der Waals surface area (Å²) < 4.78 is 2.31. The van der Waals surface area contributed by atoms with Gasteiger partial charge in [-0.05, 0) is 37.8 Å². The number of alkyl halides is 1. The van der Waals surface area contributed by atoms with Gasteiger partial charge in [-0.2, -0.15) is 0 Å². The summed E-state index contributed by atoms with van der Waals surface area (Å²) in [4.78, 5) is 0. The van der Waals surface area contributed by atoms with Crippen LogP contribution in [0.1, 0.15) is 35.8 Å². The zero-order valence-electron chi connectivity index (χ0n) is 10.7. The fourth-order valence-corrected chi connectivity index (χ4v) is 2.85. The highest BCUT2D eigenvalue weighted by Crippen LogP contribution is 2.40. The maximum atomic E-state index is 4.42. The van der Waals surface area contributed by atoms with Gasteiger partial charge in [0.1, 0.15) is 5.82 Å². The lowest BCUT2D eigenvalue weighted by atomic mass is 10.0. The van der Waals surface area contributed by atoms with Crippen molar-refractivity contribution >= 4 is 15.9 Å². The van der Waals surface area contributed by atoms with E-state index in [0.717, 1.165) is 17.0 Å². The highest BCUT2D eigenvalue weighted by Gasteiger charge is 2.30. The normalized spacial score (nSPS) is 15.1. The quantitative estimate of drug-likeness (QED) is 0.808. The second-order valence-electron chi connectivity index (χ2n) is 4.94. The summed E-state index contributed by atoms with van der Waals surface area (Å²) in [5.41, 5.74) is 3.78. The number of halogens is 1. The van der Waals surface area contributed by atoms with Crippen molar-refractivity contribution in [3.05, 3.63) is 35.2 Å². The highest BCUT2D eigenvalue weighted by atomic mass is 79.9. The predicted molar refractivity (Wildman–Crippen MR) is 75.8 cm³/mol. The molecular weight excluding hydrogens is 290 g/mol. The number of hydrogen-bond acceptors (Lipinski definition) is 2. The summed E-state index contributed by atoms with van der Waals surface area (Å²) >= 11 is 3.50. The van der Waals surface area contributed by atoms with Crippen LogP contribution in [0, 0.1) is 13.8 Å². The van der Waals surface area contributed by atoms with Crippen LogP contribution < -0.4 is 0 Å². The van der Waals surface area contributed by atoms with Crippen molar-refractivity contribution in [3.8, 4) is 11.4 Å². The van der Waals surface area contributed by atoms with Gasteiger partial charge in [0, 0.05) is 11.6 Å². The van der Waals surface area contributed by atoms with Crippen molar-refractivity contribution in [3.63, 3.8) is 0 Å². The van der Waals surface area contributed by atoms with E-state index in [-0.39, 0.29) is 0 Å². The minimum Gasteiger partial charge on any atom is -0.307 e. The summed E-state index contributed by atoms with van der Waals surface area (Å²) in [6.45, 7) is 4.28. The standard InChI is InChI=1S/C14H16BrN3/c1-9-4-3-5-10(2)13(9)14-17-16-12(8-15)18(14)11-6-7-11/h3-5,11H,6-8H2,1-2H3. The Labute approximate surface area is 115 Å². The Hall–Kier alpha value is -1.16. The van der Waals surface area contributed by atoms with Crippen LogP contribution in [0.25, 0.3) is 11.4 Å². The molecule has 1 aromatic heterocycles. The number of nitrogens with zero attached hydrogens (tertiary/aromatic N) is 3. The van der Waals surface area contributed by atoms with E-state index in [1.807, 2.05) is 0 Å². The molecule has 0 saturated heterocycles. The van der Waals surface area contributed by atoms with Crippen molar-refractivity contribution in [1.29, 1.82) is 0 Å². The lowest BCUT2D eigenvalue weighted by Crippen LogP contribution is -2.03. The predicted octanol–water partition coefficient (Wildman–Crippen LogP) is 3.79.